The second-order valence-electron chi connectivity index (χ2n) is 13.0. The molecule has 29 heavy (non-hydrogen) atoms. The third-order valence-electron chi connectivity index (χ3n) is 11.3. The predicted octanol–water partition coefficient (Wildman–Crippen LogP) is 6.60. The Bertz CT molecular complexity index is 630. The van der Waals surface area contributed by atoms with Gasteiger partial charge in [-0.1, -0.05) is 53.9 Å². The van der Waals surface area contributed by atoms with E-state index in [0.717, 1.165) is 54.8 Å². The molecule has 5 fully saturated rings. The molecular formula is C27H46O2. The summed E-state index contributed by atoms with van der Waals surface area (Å²) < 4.78 is 5.93. The fraction of sp³-hybridized carbons (Fsp3) is 1.00. The van der Waals surface area contributed by atoms with Crippen LogP contribution in [0.25, 0.3) is 0 Å². The van der Waals surface area contributed by atoms with Crippen molar-refractivity contribution in [1.29, 1.82) is 0 Å². The van der Waals surface area contributed by atoms with Crippen molar-refractivity contribution in [1.82, 2.24) is 0 Å². The van der Waals surface area contributed by atoms with Crippen molar-refractivity contribution in [3.63, 3.8) is 0 Å². The lowest BCUT2D eigenvalue weighted by Gasteiger charge is -2.63. The van der Waals surface area contributed by atoms with Crippen LogP contribution in [0.4, 0.5) is 0 Å². The van der Waals surface area contributed by atoms with Gasteiger partial charge >= 0.3 is 0 Å². The first-order valence-electron chi connectivity index (χ1n) is 13.1. The number of hydrogen-bond acceptors (Lipinski definition) is 2. The first kappa shape index (κ1) is 20.8. The van der Waals surface area contributed by atoms with Crippen molar-refractivity contribution in [2.75, 3.05) is 0 Å². The van der Waals surface area contributed by atoms with Gasteiger partial charge in [0.05, 0.1) is 17.8 Å². The van der Waals surface area contributed by atoms with Crippen molar-refractivity contribution in [3.05, 3.63) is 0 Å². The first-order chi connectivity index (χ1) is 13.7. The van der Waals surface area contributed by atoms with Crippen molar-refractivity contribution >= 4 is 0 Å². The Labute approximate surface area is 179 Å². The number of aliphatic hydroxyl groups is 1. The van der Waals surface area contributed by atoms with Crippen LogP contribution in [0.1, 0.15) is 105 Å². The molecule has 0 unspecified atom stereocenters. The summed E-state index contributed by atoms with van der Waals surface area (Å²) in [4.78, 5) is 0. The zero-order chi connectivity index (χ0) is 20.6. The molecule has 0 spiro atoms. The molecule has 4 aliphatic carbocycles. The highest BCUT2D eigenvalue weighted by Crippen LogP contribution is 2.70. The Morgan fingerprint density at radius 3 is 2.41 bits per heavy atom. The predicted molar refractivity (Wildman–Crippen MR) is 119 cm³/mol. The summed E-state index contributed by atoms with van der Waals surface area (Å²) in [5.74, 6) is 5.12. The standard InChI is InChI=1S/C27H46O2/c1-17(2)7-6-8-18(3)20-9-10-21-19-11-14-27(28)16-24-23(29-24)15-26(27,5)22(19)12-13-25(20,21)4/h17-24,28H,6-16H2,1-5H3/t18-,19+,20+,21-,22+,23-,24+,25+,26-,27-/m1/s1. The van der Waals surface area contributed by atoms with E-state index in [1.165, 1.54) is 51.4 Å². The van der Waals surface area contributed by atoms with Crippen LogP contribution in [-0.4, -0.2) is 22.9 Å². The summed E-state index contributed by atoms with van der Waals surface area (Å²) >= 11 is 0. The van der Waals surface area contributed by atoms with E-state index >= 15 is 0 Å². The molecule has 0 amide bonds. The quantitative estimate of drug-likeness (QED) is 0.525. The Kier molecular flexibility index (Phi) is 4.99. The molecule has 0 radical (unpaired) electrons. The number of ether oxygens (including phenoxy) is 1. The van der Waals surface area contributed by atoms with E-state index in [9.17, 15) is 5.11 Å². The number of epoxide rings is 1. The van der Waals surface area contributed by atoms with Gasteiger partial charge < -0.3 is 9.84 Å². The van der Waals surface area contributed by atoms with Gasteiger partial charge in [0.1, 0.15) is 0 Å². The van der Waals surface area contributed by atoms with Crippen LogP contribution >= 0.6 is 0 Å². The zero-order valence-corrected chi connectivity index (χ0v) is 19.8. The van der Waals surface area contributed by atoms with Crippen molar-refractivity contribution in [3.8, 4) is 0 Å². The molecule has 5 aliphatic rings. The lowest BCUT2D eigenvalue weighted by molar-refractivity contribution is -0.200. The molecule has 166 valence electrons. The molecule has 0 bridgehead atoms. The SMILES string of the molecule is CC(C)CCC[C@@H](C)[C@@H]1CC[C@@H]2[C@@H]3CC[C@@]4(O)C[C@@H]5O[C@@H]5C[C@]4(C)[C@H]3CC[C@]21C. The molecule has 1 aliphatic heterocycles. The fourth-order valence-electron chi connectivity index (χ4n) is 9.51. The minimum atomic E-state index is -0.457. The Morgan fingerprint density at radius 1 is 0.897 bits per heavy atom. The number of rotatable bonds is 5. The van der Waals surface area contributed by atoms with Crippen LogP contribution in [0.15, 0.2) is 0 Å². The molecule has 1 heterocycles. The van der Waals surface area contributed by atoms with Gasteiger partial charge in [-0.15, -0.1) is 0 Å². The largest absolute Gasteiger partial charge is 0.389 e. The van der Waals surface area contributed by atoms with Crippen molar-refractivity contribution < 1.29 is 9.84 Å². The summed E-state index contributed by atoms with van der Waals surface area (Å²) in [6, 6.07) is 0. The molecule has 0 aromatic rings. The van der Waals surface area contributed by atoms with Gasteiger partial charge in [0.25, 0.3) is 0 Å². The summed E-state index contributed by atoms with van der Waals surface area (Å²) in [6.45, 7) is 12.4. The minimum Gasteiger partial charge on any atom is -0.389 e. The van der Waals surface area contributed by atoms with E-state index in [4.69, 9.17) is 4.74 Å². The van der Waals surface area contributed by atoms with Crippen LogP contribution in [0, 0.1) is 46.3 Å². The van der Waals surface area contributed by atoms with Gasteiger partial charge in [0, 0.05) is 11.8 Å². The molecular weight excluding hydrogens is 356 g/mol. The average molecular weight is 403 g/mol. The number of fused-ring (bicyclic) bond motifs is 6. The van der Waals surface area contributed by atoms with E-state index in [1.807, 2.05) is 0 Å². The lowest BCUT2D eigenvalue weighted by Crippen LogP contribution is -2.62. The molecule has 4 saturated carbocycles. The highest BCUT2D eigenvalue weighted by molar-refractivity contribution is 5.18. The van der Waals surface area contributed by atoms with Gasteiger partial charge in [-0.3, -0.25) is 0 Å². The summed E-state index contributed by atoms with van der Waals surface area (Å²) in [5, 5.41) is 11.7. The topological polar surface area (TPSA) is 32.8 Å². The maximum absolute atomic E-state index is 11.7. The highest BCUT2D eigenvalue weighted by Gasteiger charge is 2.68. The van der Waals surface area contributed by atoms with Gasteiger partial charge in [-0.2, -0.15) is 0 Å². The van der Waals surface area contributed by atoms with E-state index in [0.29, 0.717) is 17.6 Å². The summed E-state index contributed by atoms with van der Waals surface area (Å²) in [7, 11) is 0. The van der Waals surface area contributed by atoms with E-state index < -0.39 is 5.60 Å². The molecule has 2 nitrogen and oxygen atoms in total. The van der Waals surface area contributed by atoms with Crippen LogP contribution in [0.2, 0.25) is 0 Å². The Balaban J connectivity index is 1.32. The van der Waals surface area contributed by atoms with E-state index in [-0.39, 0.29) is 5.41 Å². The van der Waals surface area contributed by atoms with Gasteiger partial charge in [0.15, 0.2) is 0 Å². The lowest BCUT2D eigenvalue weighted by atomic mass is 9.43. The highest BCUT2D eigenvalue weighted by atomic mass is 16.6. The molecule has 1 N–H and O–H groups in total. The van der Waals surface area contributed by atoms with Crippen molar-refractivity contribution in [2.45, 2.75) is 123 Å². The van der Waals surface area contributed by atoms with Crippen LogP contribution < -0.4 is 0 Å². The van der Waals surface area contributed by atoms with Gasteiger partial charge in [-0.05, 0) is 85.9 Å². The molecule has 1 saturated heterocycles. The fourth-order valence-corrected chi connectivity index (χ4v) is 9.51. The molecule has 10 atom stereocenters. The summed E-state index contributed by atoms with van der Waals surface area (Å²) in [5.41, 5.74) is 0.190. The van der Waals surface area contributed by atoms with E-state index in [1.54, 1.807) is 0 Å². The zero-order valence-electron chi connectivity index (χ0n) is 19.8. The Morgan fingerprint density at radius 2 is 1.66 bits per heavy atom. The smallest absolute Gasteiger partial charge is 0.0869 e. The van der Waals surface area contributed by atoms with Crippen molar-refractivity contribution in [2.24, 2.45) is 46.3 Å². The average Bonchev–Trinajstić information content (AvgIpc) is 3.26. The minimum absolute atomic E-state index is 0.0931. The molecule has 0 aromatic carbocycles. The second kappa shape index (κ2) is 6.96. The first-order valence-corrected chi connectivity index (χ1v) is 13.1. The number of hydrogen-bond donors (Lipinski definition) is 1. The maximum Gasteiger partial charge on any atom is 0.0869 e. The van der Waals surface area contributed by atoms with Crippen LogP contribution in [-0.2, 0) is 4.74 Å². The maximum atomic E-state index is 11.7. The molecule has 5 rings (SSSR count). The van der Waals surface area contributed by atoms with E-state index in [2.05, 4.69) is 34.6 Å². The third-order valence-corrected chi connectivity index (χ3v) is 11.3. The normalized spacial score (nSPS) is 54.3. The Hall–Kier alpha value is -0.0800. The molecule has 0 aromatic heterocycles. The molecule has 2 heteroatoms. The van der Waals surface area contributed by atoms with Gasteiger partial charge in [0.2, 0.25) is 0 Å². The third kappa shape index (κ3) is 3.09. The van der Waals surface area contributed by atoms with Crippen LogP contribution in [0.5, 0.6) is 0 Å². The second-order valence-corrected chi connectivity index (χ2v) is 13.0. The monoisotopic (exact) mass is 402 g/mol. The van der Waals surface area contributed by atoms with Gasteiger partial charge in [-0.25, -0.2) is 0 Å². The summed E-state index contributed by atoms with van der Waals surface area (Å²) in [6.07, 6.45) is 15.1. The van der Waals surface area contributed by atoms with Crippen LogP contribution in [0.3, 0.4) is 0 Å².